The molecule has 0 amide bonds. The van der Waals surface area contributed by atoms with Crippen molar-refractivity contribution < 1.29 is 13.2 Å². The molecule has 1 fully saturated rings. The number of ketones is 1. The lowest BCUT2D eigenvalue weighted by Crippen LogP contribution is -2.36. The molecule has 0 bridgehead atoms. The van der Waals surface area contributed by atoms with E-state index < -0.39 is 10.0 Å². The lowest BCUT2D eigenvalue weighted by molar-refractivity contribution is -0.117. The molecule has 2 rings (SSSR count). The van der Waals surface area contributed by atoms with E-state index in [1.807, 2.05) is 0 Å². The van der Waals surface area contributed by atoms with Crippen molar-refractivity contribution in [2.45, 2.75) is 37.1 Å². The number of carbonyl (C=O) groups is 1. The predicted octanol–water partition coefficient (Wildman–Crippen LogP) is 2.58. The third-order valence-electron chi connectivity index (χ3n) is 3.25. The van der Waals surface area contributed by atoms with Crippen molar-refractivity contribution in [3.63, 3.8) is 0 Å². The molecule has 104 valence electrons. The van der Waals surface area contributed by atoms with Crippen LogP contribution in [0.4, 0.5) is 0 Å². The summed E-state index contributed by atoms with van der Waals surface area (Å²) in [5.74, 6) is 0.0290. The predicted molar refractivity (Wildman–Crippen MR) is 76.4 cm³/mol. The van der Waals surface area contributed by atoms with Crippen molar-refractivity contribution in [2.75, 3.05) is 6.54 Å². The van der Waals surface area contributed by atoms with E-state index in [0.29, 0.717) is 13.0 Å². The summed E-state index contributed by atoms with van der Waals surface area (Å²) < 4.78 is 27.3. The number of hydrogen-bond donors (Lipinski definition) is 0. The molecule has 6 heteroatoms. The van der Waals surface area contributed by atoms with E-state index in [-0.39, 0.29) is 16.7 Å². The summed E-state index contributed by atoms with van der Waals surface area (Å²) in [5, 5.41) is 0. The third-order valence-corrected chi connectivity index (χ3v) is 5.69. The number of hydrogen-bond acceptors (Lipinski definition) is 3. The molecule has 4 nitrogen and oxygen atoms in total. The Balaban J connectivity index is 2.31. The van der Waals surface area contributed by atoms with E-state index >= 15 is 0 Å². The van der Waals surface area contributed by atoms with Crippen LogP contribution < -0.4 is 0 Å². The van der Waals surface area contributed by atoms with Gasteiger partial charge in [0.2, 0.25) is 10.0 Å². The highest BCUT2D eigenvalue weighted by atomic mass is 79.9. The molecule has 0 spiro atoms. The lowest BCUT2D eigenvalue weighted by atomic mass is 10.1. The van der Waals surface area contributed by atoms with Crippen LogP contribution in [0.15, 0.2) is 33.6 Å². The molecule has 1 aromatic carbocycles. The lowest BCUT2D eigenvalue weighted by Gasteiger charge is -2.23. The second kappa shape index (κ2) is 5.73. The summed E-state index contributed by atoms with van der Waals surface area (Å²) in [4.78, 5) is 11.5. The van der Waals surface area contributed by atoms with Crippen molar-refractivity contribution in [1.29, 1.82) is 0 Å². The van der Waals surface area contributed by atoms with Gasteiger partial charge in [-0.25, -0.2) is 8.42 Å². The van der Waals surface area contributed by atoms with Crippen molar-refractivity contribution in [2.24, 2.45) is 0 Å². The summed E-state index contributed by atoms with van der Waals surface area (Å²) in [6.45, 7) is 2.00. The van der Waals surface area contributed by atoms with Crippen LogP contribution in [0.5, 0.6) is 0 Å². The van der Waals surface area contributed by atoms with Gasteiger partial charge in [0.15, 0.2) is 0 Å². The molecule has 1 saturated heterocycles. The number of benzene rings is 1. The fourth-order valence-electron chi connectivity index (χ4n) is 2.42. The van der Waals surface area contributed by atoms with Gasteiger partial charge >= 0.3 is 0 Å². The summed E-state index contributed by atoms with van der Waals surface area (Å²) in [6, 6.07) is 6.48. The smallest absolute Gasteiger partial charge is 0.243 e. The number of sulfonamides is 1. The summed E-state index contributed by atoms with van der Waals surface area (Å²) in [7, 11) is -3.50. The zero-order valence-electron chi connectivity index (χ0n) is 10.7. The molecule has 0 aromatic heterocycles. The van der Waals surface area contributed by atoms with Gasteiger partial charge in [0.05, 0.1) is 4.90 Å². The van der Waals surface area contributed by atoms with Gasteiger partial charge in [0.25, 0.3) is 0 Å². The highest BCUT2D eigenvalue weighted by molar-refractivity contribution is 9.10. The van der Waals surface area contributed by atoms with Gasteiger partial charge in [-0.2, -0.15) is 4.31 Å². The Morgan fingerprint density at radius 1 is 1.47 bits per heavy atom. The average molecular weight is 346 g/mol. The first-order valence-electron chi connectivity index (χ1n) is 6.18. The molecule has 1 unspecified atom stereocenters. The number of halogens is 1. The first-order chi connectivity index (χ1) is 8.91. The van der Waals surface area contributed by atoms with Gasteiger partial charge in [-0.3, -0.25) is 4.79 Å². The van der Waals surface area contributed by atoms with E-state index in [2.05, 4.69) is 15.9 Å². The Bertz CT molecular complexity index is 585. The van der Waals surface area contributed by atoms with E-state index in [1.54, 1.807) is 24.3 Å². The Hall–Kier alpha value is -0.720. The van der Waals surface area contributed by atoms with Crippen molar-refractivity contribution in [1.82, 2.24) is 4.31 Å². The Morgan fingerprint density at radius 2 is 2.21 bits per heavy atom. The van der Waals surface area contributed by atoms with Crippen LogP contribution in [0, 0.1) is 0 Å². The minimum absolute atomic E-state index is 0.0290. The molecule has 19 heavy (non-hydrogen) atoms. The summed E-state index contributed by atoms with van der Waals surface area (Å²) in [5.41, 5.74) is 0. The fraction of sp³-hybridized carbons (Fsp3) is 0.462. The number of carbonyl (C=O) groups excluding carboxylic acids is 1. The van der Waals surface area contributed by atoms with Crippen LogP contribution in [0.3, 0.4) is 0 Å². The summed E-state index contributed by atoms with van der Waals surface area (Å²) in [6.07, 6.45) is 1.87. The molecule has 0 N–H and O–H groups in total. The van der Waals surface area contributed by atoms with Crippen LogP contribution in [0.25, 0.3) is 0 Å². The molecular weight excluding hydrogens is 330 g/mol. The molecule has 1 aliphatic rings. The van der Waals surface area contributed by atoms with Crippen LogP contribution >= 0.6 is 15.9 Å². The second-order valence-corrected chi connectivity index (χ2v) is 7.58. The molecular formula is C13H16BrNO3S. The Kier molecular flexibility index (Phi) is 4.43. The van der Waals surface area contributed by atoms with Crippen molar-refractivity contribution in [3.05, 3.63) is 28.7 Å². The van der Waals surface area contributed by atoms with Gasteiger partial charge in [0, 0.05) is 23.5 Å². The van der Waals surface area contributed by atoms with Crippen LogP contribution in [0.2, 0.25) is 0 Å². The largest absolute Gasteiger partial charge is 0.300 e. The maximum atomic E-state index is 12.6. The maximum absolute atomic E-state index is 12.6. The molecule has 1 aromatic rings. The normalized spacial score (nSPS) is 20.6. The maximum Gasteiger partial charge on any atom is 0.243 e. The van der Waals surface area contributed by atoms with E-state index in [0.717, 1.165) is 17.3 Å². The number of nitrogens with zero attached hydrogens (tertiary/aromatic N) is 1. The molecule has 0 saturated carbocycles. The highest BCUT2D eigenvalue weighted by Crippen LogP contribution is 2.29. The average Bonchev–Trinajstić information content (AvgIpc) is 2.77. The highest BCUT2D eigenvalue weighted by Gasteiger charge is 2.35. The second-order valence-electron chi connectivity index (χ2n) is 4.78. The topological polar surface area (TPSA) is 54.5 Å². The quantitative estimate of drug-likeness (QED) is 0.842. The molecule has 1 heterocycles. The van der Waals surface area contributed by atoms with E-state index in [9.17, 15) is 13.2 Å². The first-order valence-corrected chi connectivity index (χ1v) is 8.41. The molecule has 0 aliphatic carbocycles. The molecule has 1 aliphatic heterocycles. The van der Waals surface area contributed by atoms with Crippen molar-refractivity contribution >= 4 is 31.7 Å². The minimum atomic E-state index is -3.50. The standard InChI is InChI=1S/C13H16BrNO3S/c1-10(16)8-12-5-3-7-15(12)19(17,18)13-6-2-4-11(14)9-13/h2,4,6,9,12H,3,5,7-8H2,1H3. The zero-order valence-corrected chi connectivity index (χ0v) is 13.1. The third kappa shape index (κ3) is 3.24. The molecule has 1 atom stereocenters. The zero-order chi connectivity index (χ0) is 14.0. The van der Waals surface area contributed by atoms with Crippen molar-refractivity contribution in [3.8, 4) is 0 Å². The SMILES string of the molecule is CC(=O)CC1CCCN1S(=O)(=O)c1cccc(Br)c1. The Morgan fingerprint density at radius 3 is 2.84 bits per heavy atom. The van der Waals surface area contributed by atoms with Crippen LogP contribution in [0.1, 0.15) is 26.2 Å². The van der Waals surface area contributed by atoms with Crippen LogP contribution in [-0.4, -0.2) is 31.1 Å². The Labute approximate surface area is 122 Å². The summed E-state index contributed by atoms with van der Waals surface area (Å²) >= 11 is 3.28. The molecule has 0 radical (unpaired) electrons. The number of rotatable bonds is 4. The fourth-order valence-corrected chi connectivity index (χ4v) is 4.71. The van der Waals surface area contributed by atoms with E-state index in [4.69, 9.17) is 0 Å². The first kappa shape index (κ1) is 14.7. The van der Waals surface area contributed by atoms with Gasteiger partial charge in [-0.05, 0) is 38.0 Å². The van der Waals surface area contributed by atoms with Crippen LogP contribution in [-0.2, 0) is 14.8 Å². The van der Waals surface area contributed by atoms with Gasteiger partial charge in [-0.1, -0.05) is 22.0 Å². The minimum Gasteiger partial charge on any atom is -0.300 e. The monoisotopic (exact) mass is 345 g/mol. The van der Waals surface area contributed by atoms with Gasteiger partial charge in [0.1, 0.15) is 5.78 Å². The van der Waals surface area contributed by atoms with Gasteiger partial charge < -0.3 is 0 Å². The van der Waals surface area contributed by atoms with Gasteiger partial charge in [-0.15, -0.1) is 0 Å². The number of Topliss-reactive ketones (excluding diaryl/α,β-unsaturated/α-hetero) is 1. The van der Waals surface area contributed by atoms with E-state index in [1.165, 1.54) is 11.2 Å².